The van der Waals surface area contributed by atoms with Crippen molar-refractivity contribution in [1.29, 1.82) is 5.26 Å². The van der Waals surface area contributed by atoms with Crippen LogP contribution in [0.1, 0.15) is 40.0 Å². The van der Waals surface area contributed by atoms with Gasteiger partial charge in [0.15, 0.2) is 0 Å². The van der Waals surface area contributed by atoms with E-state index in [-0.39, 0.29) is 0 Å². The van der Waals surface area contributed by atoms with Crippen LogP contribution in [0.4, 0.5) is 0 Å². The summed E-state index contributed by atoms with van der Waals surface area (Å²) >= 11 is -0.759. The second-order valence-electron chi connectivity index (χ2n) is 3.00. The van der Waals surface area contributed by atoms with Crippen LogP contribution in [0, 0.1) is 11.8 Å². The Labute approximate surface area is 84.9 Å². The van der Waals surface area contributed by atoms with Crippen molar-refractivity contribution in [2.24, 2.45) is 0 Å². The third-order valence-electron chi connectivity index (χ3n) is 1.81. The number of hydrogen-bond donors (Lipinski definition) is 0. The second kappa shape index (κ2) is 13.9. The van der Waals surface area contributed by atoms with Gasteiger partial charge in [0.1, 0.15) is 0 Å². The standard InChI is InChI=1S/3C3H7.CHN.Sn/c3*1-3-2;1-2;/h3*1,3H2,2H3;1H;. The minimum absolute atomic E-state index is 0.759. The van der Waals surface area contributed by atoms with E-state index in [0.717, 1.165) is 0 Å². The number of rotatable bonds is 6. The molecule has 0 aliphatic carbocycles. The van der Waals surface area contributed by atoms with Gasteiger partial charge in [-0.05, 0) is 0 Å². The fourth-order valence-electron chi connectivity index (χ4n) is 1.44. The molecule has 0 heterocycles. The summed E-state index contributed by atoms with van der Waals surface area (Å²) in [5.74, 6) is 0. The van der Waals surface area contributed by atoms with Gasteiger partial charge in [0.05, 0.1) is 0 Å². The molecule has 0 spiro atoms. The topological polar surface area (TPSA) is 23.8 Å². The van der Waals surface area contributed by atoms with Crippen LogP contribution in [0.2, 0.25) is 13.3 Å². The summed E-state index contributed by atoms with van der Waals surface area (Å²) in [4.78, 5) is 0. The maximum atomic E-state index is 6.50. The first-order chi connectivity index (χ1) is 5.85. The summed E-state index contributed by atoms with van der Waals surface area (Å²) in [6.45, 7) is 10.5. The molecule has 2 heteroatoms. The van der Waals surface area contributed by atoms with Gasteiger partial charge in [0, 0.05) is 6.57 Å². The third kappa shape index (κ3) is 10.3. The van der Waals surface area contributed by atoms with Gasteiger partial charge >= 0.3 is 73.1 Å². The SMILES string of the molecule is C#N.CC[CH2][Sn]([CH2]CC)[CH2]CC. The van der Waals surface area contributed by atoms with Gasteiger partial charge in [-0.25, -0.2) is 5.26 Å². The molecule has 0 aromatic heterocycles. The van der Waals surface area contributed by atoms with Crippen LogP contribution >= 0.6 is 0 Å². The fraction of sp³-hybridized carbons (Fsp3) is 0.900. The van der Waals surface area contributed by atoms with E-state index >= 15 is 0 Å². The summed E-state index contributed by atoms with van der Waals surface area (Å²) in [6.07, 6.45) is 4.36. The van der Waals surface area contributed by atoms with Gasteiger partial charge in [-0.2, -0.15) is 0 Å². The van der Waals surface area contributed by atoms with Gasteiger partial charge in [0.2, 0.25) is 0 Å². The van der Waals surface area contributed by atoms with Crippen molar-refractivity contribution in [3.8, 4) is 6.57 Å². The molecule has 0 aliphatic heterocycles. The summed E-state index contributed by atoms with van der Waals surface area (Å²) in [6, 6.07) is 0. The van der Waals surface area contributed by atoms with Crippen molar-refractivity contribution in [2.45, 2.75) is 53.3 Å². The molecule has 0 N–H and O–H groups in total. The molecule has 0 fully saturated rings. The molecule has 0 aromatic carbocycles. The molecule has 0 amide bonds. The zero-order valence-electron chi connectivity index (χ0n) is 8.77. The predicted octanol–water partition coefficient (Wildman–Crippen LogP) is 3.85. The first kappa shape index (κ1) is 14.8. The summed E-state index contributed by atoms with van der Waals surface area (Å²) < 4.78 is 4.93. The number of nitriles is 1. The molecule has 12 heavy (non-hydrogen) atoms. The van der Waals surface area contributed by atoms with E-state index < -0.39 is 19.8 Å². The maximum absolute atomic E-state index is 6.50. The average molecular weight is 275 g/mol. The predicted molar refractivity (Wildman–Crippen MR) is 57.7 cm³/mol. The van der Waals surface area contributed by atoms with Crippen molar-refractivity contribution in [1.82, 2.24) is 0 Å². The Morgan fingerprint density at radius 1 is 0.833 bits per heavy atom. The van der Waals surface area contributed by atoms with E-state index in [1.165, 1.54) is 19.3 Å². The Kier molecular flexibility index (Phi) is 17.1. The van der Waals surface area contributed by atoms with E-state index in [9.17, 15) is 0 Å². The van der Waals surface area contributed by atoms with E-state index in [1.54, 1.807) is 13.3 Å². The van der Waals surface area contributed by atoms with Gasteiger partial charge < -0.3 is 0 Å². The van der Waals surface area contributed by atoms with E-state index in [0.29, 0.717) is 0 Å². The second-order valence-corrected chi connectivity index (χ2v) is 11.6. The molecule has 0 unspecified atom stereocenters. The Morgan fingerprint density at radius 3 is 1.25 bits per heavy atom. The molecule has 1 nitrogen and oxygen atoms in total. The van der Waals surface area contributed by atoms with Crippen LogP contribution in [0.25, 0.3) is 0 Å². The van der Waals surface area contributed by atoms with Crippen LogP contribution in [-0.2, 0) is 0 Å². The van der Waals surface area contributed by atoms with Crippen molar-refractivity contribution < 1.29 is 0 Å². The van der Waals surface area contributed by atoms with E-state index in [4.69, 9.17) is 5.26 Å². The third-order valence-corrected chi connectivity index (χ3v) is 12.1. The van der Waals surface area contributed by atoms with Crippen molar-refractivity contribution in [3.63, 3.8) is 0 Å². The molecule has 0 saturated carbocycles. The fourth-order valence-corrected chi connectivity index (χ4v) is 9.63. The summed E-state index contributed by atoms with van der Waals surface area (Å²) in [7, 11) is 0. The molecule has 0 atom stereocenters. The molecule has 0 bridgehead atoms. The Bertz CT molecular complexity index is 76.8. The molecule has 0 saturated heterocycles. The van der Waals surface area contributed by atoms with E-state index in [1.807, 2.05) is 0 Å². The van der Waals surface area contributed by atoms with Crippen LogP contribution in [0.3, 0.4) is 0 Å². The van der Waals surface area contributed by atoms with Crippen molar-refractivity contribution in [2.75, 3.05) is 0 Å². The number of nitrogens with zero attached hydrogens (tertiary/aromatic N) is 1. The quantitative estimate of drug-likeness (QED) is 0.675. The first-order valence-corrected chi connectivity index (χ1v) is 11.0. The Morgan fingerprint density at radius 2 is 1.08 bits per heavy atom. The summed E-state index contributed by atoms with van der Waals surface area (Å²) in [5.41, 5.74) is 0. The molecular weight excluding hydrogens is 253 g/mol. The van der Waals surface area contributed by atoms with Gasteiger partial charge in [-0.15, -0.1) is 0 Å². The van der Waals surface area contributed by atoms with Gasteiger partial charge in [0.25, 0.3) is 0 Å². The molecule has 71 valence electrons. The zero-order chi connectivity index (χ0) is 9.82. The van der Waals surface area contributed by atoms with Crippen LogP contribution in [0.15, 0.2) is 0 Å². The van der Waals surface area contributed by atoms with Gasteiger partial charge in [-0.1, -0.05) is 0 Å². The van der Waals surface area contributed by atoms with E-state index in [2.05, 4.69) is 27.3 Å². The molecule has 0 rings (SSSR count). The van der Waals surface area contributed by atoms with Gasteiger partial charge in [-0.3, -0.25) is 0 Å². The number of hydrogen-bond acceptors (Lipinski definition) is 1. The average Bonchev–Trinajstić information content (AvgIpc) is 2.10. The normalized spacial score (nSPS) is 9.17. The van der Waals surface area contributed by atoms with Crippen LogP contribution in [0.5, 0.6) is 0 Å². The molecular formula is C10H22NSn. The Balaban J connectivity index is 0. The Hall–Kier alpha value is 0.289. The molecule has 0 aliphatic rings. The van der Waals surface area contributed by atoms with Crippen LogP contribution < -0.4 is 0 Å². The van der Waals surface area contributed by atoms with Crippen molar-refractivity contribution >= 4 is 19.8 Å². The van der Waals surface area contributed by atoms with Crippen molar-refractivity contribution in [3.05, 3.63) is 0 Å². The molecule has 0 aromatic rings. The monoisotopic (exact) mass is 276 g/mol. The minimum atomic E-state index is -0.759. The van der Waals surface area contributed by atoms with Crippen LogP contribution in [-0.4, -0.2) is 19.8 Å². The molecule has 1 radical (unpaired) electrons. The zero-order valence-corrected chi connectivity index (χ0v) is 11.6. The summed E-state index contributed by atoms with van der Waals surface area (Å²) in [5, 5.41) is 6.50. The first-order valence-electron chi connectivity index (χ1n) is 4.94.